The molecule has 2 aromatic carbocycles. The second-order valence-electron chi connectivity index (χ2n) is 8.86. The molecular formula is C25H22Br2N8. The van der Waals surface area contributed by atoms with E-state index in [9.17, 15) is 0 Å². The van der Waals surface area contributed by atoms with Gasteiger partial charge in [-0.25, -0.2) is 10.1 Å². The van der Waals surface area contributed by atoms with Gasteiger partial charge in [-0.1, -0.05) is 67.8 Å². The Hall–Kier alpha value is -2.98. The zero-order valence-corrected chi connectivity index (χ0v) is 22.0. The van der Waals surface area contributed by atoms with E-state index in [1.54, 1.807) is 0 Å². The Morgan fingerprint density at radius 3 is 2.34 bits per heavy atom. The molecule has 0 spiro atoms. The van der Waals surface area contributed by atoms with Gasteiger partial charge in [0.25, 0.3) is 0 Å². The summed E-state index contributed by atoms with van der Waals surface area (Å²) in [4.78, 5) is 5.06. The molecule has 35 heavy (non-hydrogen) atoms. The molecule has 0 radical (unpaired) electrons. The molecule has 8 nitrogen and oxygen atoms in total. The number of hydrogen-bond acceptors (Lipinski definition) is 6. The van der Waals surface area contributed by atoms with Crippen LogP contribution in [0.25, 0.3) is 33.5 Å². The third-order valence-electron chi connectivity index (χ3n) is 6.72. The van der Waals surface area contributed by atoms with Crippen LogP contribution in [0, 0.1) is 0 Å². The molecule has 3 heterocycles. The topological polar surface area (TPSA) is 98.1 Å². The van der Waals surface area contributed by atoms with E-state index in [2.05, 4.69) is 97.6 Å². The van der Waals surface area contributed by atoms with Crippen LogP contribution in [0.15, 0.2) is 57.7 Å². The number of benzene rings is 2. The Balaban J connectivity index is 1.38. The van der Waals surface area contributed by atoms with Crippen molar-refractivity contribution in [3.63, 3.8) is 0 Å². The zero-order valence-electron chi connectivity index (χ0n) is 18.8. The lowest BCUT2D eigenvalue weighted by Crippen LogP contribution is -2.13. The molecule has 0 atom stereocenters. The van der Waals surface area contributed by atoms with Gasteiger partial charge in [0.05, 0.1) is 0 Å². The first kappa shape index (κ1) is 22.5. The van der Waals surface area contributed by atoms with Crippen LogP contribution in [-0.4, -0.2) is 40.4 Å². The Kier molecular flexibility index (Phi) is 6.15. The second-order valence-corrected chi connectivity index (χ2v) is 10.4. The van der Waals surface area contributed by atoms with Gasteiger partial charge in [-0.15, -0.1) is 15.3 Å². The molecule has 1 aliphatic carbocycles. The number of imidazole rings is 1. The average molecular weight is 594 g/mol. The van der Waals surface area contributed by atoms with E-state index in [1.165, 1.54) is 37.7 Å². The SMILES string of the molecule is Brc1nnc(Br)c2c1nc(C1CCCCC1)n2Cc1ccc(-c2ccccc2-c2nnn[nH]2)cc1. The van der Waals surface area contributed by atoms with Crippen molar-refractivity contribution in [3.8, 4) is 22.5 Å². The highest BCUT2D eigenvalue weighted by Crippen LogP contribution is 2.37. The van der Waals surface area contributed by atoms with Crippen molar-refractivity contribution < 1.29 is 0 Å². The van der Waals surface area contributed by atoms with Gasteiger partial charge in [0.1, 0.15) is 16.9 Å². The molecule has 1 aliphatic rings. The van der Waals surface area contributed by atoms with E-state index in [1.807, 2.05) is 18.2 Å². The van der Waals surface area contributed by atoms with Crippen LogP contribution < -0.4 is 0 Å². The first-order chi connectivity index (χ1) is 17.2. The number of nitrogens with zero attached hydrogens (tertiary/aromatic N) is 7. The molecule has 1 saturated carbocycles. The van der Waals surface area contributed by atoms with Gasteiger partial charge in [-0.2, -0.15) is 0 Å². The van der Waals surface area contributed by atoms with Crippen molar-refractivity contribution in [2.24, 2.45) is 0 Å². The molecule has 1 fully saturated rings. The Morgan fingerprint density at radius 1 is 0.857 bits per heavy atom. The summed E-state index contributed by atoms with van der Waals surface area (Å²) in [7, 11) is 0. The maximum atomic E-state index is 5.06. The van der Waals surface area contributed by atoms with Crippen molar-refractivity contribution in [1.29, 1.82) is 0 Å². The minimum Gasteiger partial charge on any atom is -0.321 e. The average Bonchev–Trinajstić information content (AvgIpc) is 3.57. The van der Waals surface area contributed by atoms with Crippen LogP contribution in [-0.2, 0) is 6.54 Å². The smallest absolute Gasteiger partial charge is 0.180 e. The Bertz CT molecular complexity index is 1470. The molecule has 176 valence electrons. The summed E-state index contributed by atoms with van der Waals surface area (Å²) in [6, 6.07) is 16.8. The molecule has 10 heteroatoms. The van der Waals surface area contributed by atoms with Crippen molar-refractivity contribution >= 4 is 42.9 Å². The largest absolute Gasteiger partial charge is 0.321 e. The van der Waals surface area contributed by atoms with E-state index < -0.39 is 0 Å². The number of H-pyrrole nitrogens is 1. The van der Waals surface area contributed by atoms with E-state index in [0.717, 1.165) is 38.2 Å². The molecule has 1 N–H and O–H groups in total. The van der Waals surface area contributed by atoms with Crippen LogP contribution >= 0.6 is 31.9 Å². The van der Waals surface area contributed by atoms with Gasteiger partial charge < -0.3 is 4.57 Å². The fourth-order valence-corrected chi connectivity index (χ4v) is 5.86. The summed E-state index contributed by atoms with van der Waals surface area (Å²) in [6.45, 7) is 0.715. The lowest BCUT2D eigenvalue weighted by Gasteiger charge is -2.22. The fraction of sp³-hybridized carbons (Fsp3) is 0.280. The van der Waals surface area contributed by atoms with Gasteiger partial charge in [0.15, 0.2) is 15.0 Å². The van der Waals surface area contributed by atoms with Crippen LogP contribution in [0.4, 0.5) is 0 Å². The number of hydrogen-bond donors (Lipinski definition) is 1. The number of tetrazole rings is 1. The summed E-state index contributed by atoms with van der Waals surface area (Å²) in [6.07, 6.45) is 6.15. The zero-order chi connectivity index (χ0) is 23.8. The van der Waals surface area contributed by atoms with Crippen LogP contribution in [0.2, 0.25) is 0 Å². The molecule has 0 aliphatic heterocycles. The number of aromatic amines is 1. The molecule has 0 bridgehead atoms. The molecule has 3 aromatic heterocycles. The first-order valence-electron chi connectivity index (χ1n) is 11.7. The summed E-state index contributed by atoms with van der Waals surface area (Å²) < 4.78 is 3.72. The van der Waals surface area contributed by atoms with Crippen LogP contribution in [0.3, 0.4) is 0 Å². The highest BCUT2D eigenvalue weighted by molar-refractivity contribution is 9.11. The number of halogens is 2. The molecule has 5 aromatic rings. The van der Waals surface area contributed by atoms with Gasteiger partial charge in [-0.3, -0.25) is 0 Å². The second kappa shape index (κ2) is 9.58. The monoisotopic (exact) mass is 592 g/mol. The van der Waals surface area contributed by atoms with E-state index in [-0.39, 0.29) is 0 Å². The number of fused-ring (bicyclic) bond motifs is 1. The van der Waals surface area contributed by atoms with Crippen LogP contribution in [0.1, 0.15) is 49.4 Å². The lowest BCUT2D eigenvalue weighted by molar-refractivity contribution is 0.420. The minimum atomic E-state index is 0.455. The molecule has 0 unspecified atom stereocenters. The Morgan fingerprint density at radius 2 is 1.60 bits per heavy atom. The third-order valence-corrected chi connectivity index (χ3v) is 7.79. The maximum absolute atomic E-state index is 5.06. The minimum absolute atomic E-state index is 0.455. The highest BCUT2D eigenvalue weighted by Gasteiger charge is 2.25. The van der Waals surface area contributed by atoms with Gasteiger partial charge >= 0.3 is 0 Å². The molecule has 0 amide bonds. The van der Waals surface area contributed by atoms with Gasteiger partial charge in [-0.05, 0) is 71.8 Å². The maximum Gasteiger partial charge on any atom is 0.180 e. The normalized spacial score (nSPS) is 14.6. The van der Waals surface area contributed by atoms with Crippen LogP contribution in [0.5, 0.6) is 0 Å². The van der Waals surface area contributed by atoms with Gasteiger partial charge in [0, 0.05) is 18.0 Å². The third kappa shape index (κ3) is 4.29. The molecular weight excluding hydrogens is 572 g/mol. The highest BCUT2D eigenvalue weighted by atomic mass is 79.9. The summed E-state index contributed by atoms with van der Waals surface area (Å²) in [5, 5.41) is 22.9. The van der Waals surface area contributed by atoms with Crippen molar-refractivity contribution in [3.05, 3.63) is 69.1 Å². The van der Waals surface area contributed by atoms with Crippen molar-refractivity contribution in [2.45, 2.75) is 44.6 Å². The molecule has 0 saturated heterocycles. The number of rotatable bonds is 5. The lowest BCUT2D eigenvalue weighted by atomic mass is 9.88. The first-order valence-corrected chi connectivity index (χ1v) is 13.3. The summed E-state index contributed by atoms with van der Waals surface area (Å²) in [5.74, 6) is 2.24. The van der Waals surface area contributed by atoms with E-state index in [4.69, 9.17) is 4.98 Å². The quantitative estimate of drug-likeness (QED) is 0.257. The summed E-state index contributed by atoms with van der Waals surface area (Å²) >= 11 is 7.19. The number of aromatic nitrogens is 8. The molecule has 6 rings (SSSR count). The predicted octanol–water partition coefficient (Wildman–Crippen LogP) is 6.29. The number of nitrogens with one attached hydrogen (secondary N) is 1. The van der Waals surface area contributed by atoms with Crippen molar-refractivity contribution in [2.75, 3.05) is 0 Å². The Labute approximate surface area is 218 Å². The fourth-order valence-electron chi connectivity index (χ4n) is 5.03. The standard InChI is InChI=1S/C25H22Br2N8/c26-22-20-21(23(27)30-29-22)35(25(28-20)17-6-2-1-3-7-17)14-15-10-12-16(13-11-15)18-8-4-5-9-19(18)24-31-33-34-32-24/h4-5,8-13,17H,1-3,6-7,14H2,(H,31,32,33,34). The van der Waals surface area contributed by atoms with E-state index >= 15 is 0 Å². The predicted molar refractivity (Wildman–Crippen MR) is 141 cm³/mol. The van der Waals surface area contributed by atoms with E-state index in [0.29, 0.717) is 22.9 Å². The van der Waals surface area contributed by atoms with Crippen molar-refractivity contribution in [1.82, 2.24) is 40.4 Å². The van der Waals surface area contributed by atoms with Gasteiger partial charge in [0.2, 0.25) is 0 Å². The summed E-state index contributed by atoms with van der Waals surface area (Å²) in [5.41, 5.74) is 6.20.